The van der Waals surface area contributed by atoms with Gasteiger partial charge in [-0.25, -0.2) is 9.67 Å². The van der Waals surface area contributed by atoms with E-state index in [-0.39, 0.29) is 18.5 Å². The predicted molar refractivity (Wildman–Crippen MR) is 106 cm³/mol. The average molecular weight is 387 g/mol. The van der Waals surface area contributed by atoms with Gasteiger partial charge in [-0.3, -0.25) is 4.79 Å². The van der Waals surface area contributed by atoms with Gasteiger partial charge in [0.15, 0.2) is 0 Å². The molecule has 1 atom stereocenters. The lowest BCUT2D eigenvalue weighted by Gasteiger charge is -2.29. The summed E-state index contributed by atoms with van der Waals surface area (Å²) in [5, 5.41) is 17.8. The minimum absolute atomic E-state index is 0.139. The first-order valence-electron chi connectivity index (χ1n) is 9.66. The van der Waals surface area contributed by atoms with E-state index in [1.807, 2.05) is 19.9 Å². The molecule has 2 aromatic rings. The summed E-state index contributed by atoms with van der Waals surface area (Å²) in [6, 6.07) is 3.99. The van der Waals surface area contributed by atoms with Gasteiger partial charge in [0.05, 0.1) is 41.9 Å². The predicted octanol–water partition coefficient (Wildman–Crippen LogP) is 1.96. The Morgan fingerprint density at radius 1 is 1.39 bits per heavy atom. The van der Waals surface area contributed by atoms with Gasteiger partial charge in [-0.05, 0) is 44.7 Å². The molecule has 0 spiro atoms. The number of carbonyl (C=O) groups is 1. The highest BCUT2D eigenvalue weighted by Crippen LogP contribution is 2.38. The molecule has 152 valence electrons. The largest absolute Gasteiger partial charge is 0.469 e. The quantitative estimate of drug-likeness (QED) is 0.757. The zero-order valence-electron chi connectivity index (χ0n) is 17.3. The zero-order chi connectivity index (χ0) is 20.5. The van der Waals surface area contributed by atoms with Crippen LogP contribution in [0, 0.1) is 11.3 Å². The van der Waals surface area contributed by atoms with E-state index in [9.17, 15) is 9.90 Å². The average Bonchev–Trinajstić information content (AvgIpc) is 3.33. The molecular formula is C20H29N5O3. The Labute approximate surface area is 165 Å². The summed E-state index contributed by atoms with van der Waals surface area (Å²) in [6.45, 7) is 7.53. The Morgan fingerprint density at radius 2 is 2.14 bits per heavy atom. The molecule has 1 saturated heterocycles. The van der Waals surface area contributed by atoms with Gasteiger partial charge in [0.1, 0.15) is 5.69 Å². The van der Waals surface area contributed by atoms with Crippen molar-refractivity contribution in [1.82, 2.24) is 20.0 Å². The fourth-order valence-corrected chi connectivity index (χ4v) is 3.92. The van der Waals surface area contributed by atoms with Crippen LogP contribution in [0.2, 0.25) is 0 Å². The summed E-state index contributed by atoms with van der Waals surface area (Å²) in [5.74, 6) is 0.0630. The number of pyridine rings is 1. The molecule has 0 amide bonds. The van der Waals surface area contributed by atoms with Crippen molar-refractivity contribution in [2.45, 2.75) is 40.2 Å². The third-order valence-electron chi connectivity index (χ3n) is 5.88. The smallest absolute Gasteiger partial charge is 0.311 e. The number of methoxy groups -OCH3 is 1. The Hall–Kier alpha value is -2.48. The van der Waals surface area contributed by atoms with Gasteiger partial charge >= 0.3 is 5.97 Å². The van der Waals surface area contributed by atoms with E-state index in [0.717, 1.165) is 37.3 Å². The topological polar surface area (TPSA) is 93.4 Å². The molecule has 1 fully saturated rings. The van der Waals surface area contributed by atoms with Crippen LogP contribution in [0.1, 0.15) is 38.6 Å². The van der Waals surface area contributed by atoms with Gasteiger partial charge < -0.3 is 14.7 Å². The Kier molecular flexibility index (Phi) is 5.69. The number of nitrogens with zero attached hydrogens (tertiary/aromatic N) is 5. The van der Waals surface area contributed by atoms with E-state index in [1.165, 1.54) is 7.11 Å². The minimum atomic E-state index is -0.515. The van der Waals surface area contributed by atoms with Crippen molar-refractivity contribution in [2.75, 3.05) is 25.1 Å². The maximum atomic E-state index is 12.2. The van der Waals surface area contributed by atoms with E-state index >= 15 is 0 Å². The molecule has 8 heteroatoms. The Balaban J connectivity index is 1.87. The van der Waals surface area contributed by atoms with Crippen molar-refractivity contribution in [2.24, 2.45) is 18.4 Å². The van der Waals surface area contributed by atoms with Gasteiger partial charge in [0.2, 0.25) is 0 Å². The van der Waals surface area contributed by atoms with Crippen LogP contribution in [0.25, 0.3) is 11.4 Å². The van der Waals surface area contributed by atoms with Crippen LogP contribution in [0.15, 0.2) is 12.1 Å². The highest BCUT2D eigenvalue weighted by atomic mass is 16.5. The van der Waals surface area contributed by atoms with E-state index in [0.29, 0.717) is 17.1 Å². The third-order valence-corrected chi connectivity index (χ3v) is 5.88. The molecule has 1 aliphatic heterocycles. The minimum Gasteiger partial charge on any atom is -0.469 e. The lowest BCUT2D eigenvalue weighted by molar-refractivity contribution is -0.153. The molecule has 8 nitrogen and oxygen atoms in total. The second-order valence-corrected chi connectivity index (χ2v) is 7.83. The summed E-state index contributed by atoms with van der Waals surface area (Å²) in [6.07, 6.45) is 1.71. The van der Waals surface area contributed by atoms with Crippen LogP contribution in [0.3, 0.4) is 0 Å². The van der Waals surface area contributed by atoms with Crippen molar-refractivity contribution >= 4 is 11.7 Å². The van der Waals surface area contributed by atoms with Crippen molar-refractivity contribution in [3.05, 3.63) is 23.5 Å². The maximum absolute atomic E-state index is 12.2. The number of hydrogen-bond acceptors (Lipinski definition) is 7. The molecule has 3 rings (SSSR count). The summed E-state index contributed by atoms with van der Waals surface area (Å²) in [7, 11) is 3.20. The molecule has 0 aliphatic carbocycles. The number of hydrogen-bond donors (Lipinski definition) is 1. The lowest BCUT2D eigenvalue weighted by atomic mass is 9.78. The van der Waals surface area contributed by atoms with Gasteiger partial charge in [-0.2, -0.15) is 0 Å². The highest BCUT2D eigenvalue weighted by molar-refractivity contribution is 5.76. The molecule has 0 aromatic carbocycles. The standard InChI is InChI=1S/C20H29N5O3/c1-6-14-16(25-10-9-13(11-25)20(2,3)19(27)28-5)8-7-15(21-14)18-17(12-26)24(4)23-22-18/h7-8,13,26H,6,9-12H2,1-5H3/t13-/m1/s1. The third kappa shape index (κ3) is 3.48. The summed E-state index contributed by atoms with van der Waals surface area (Å²) >= 11 is 0. The fraction of sp³-hybridized carbons (Fsp3) is 0.600. The van der Waals surface area contributed by atoms with Gasteiger partial charge in [0, 0.05) is 20.1 Å². The van der Waals surface area contributed by atoms with Crippen LogP contribution in [0.4, 0.5) is 5.69 Å². The van der Waals surface area contributed by atoms with E-state index < -0.39 is 5.41 Å². The summed E-state index contributed by atoms with van der Waals surface area (Å²) in [5.41, 5.74) is 3.51. The summed E-state index contributed by atoms with van der Waals surface area (Å²) in [4.78, 5) is 19.3. The van der Waals surface area contributed by atoms with Gasteiger partial charge in [0.25, 0.3) is 0 Å². The number of aromatic nitrogens is 4. The Morgan fingerprint density at radius 3 is 2.79 bits per heavy atom. The SMILES string of the molecule is CCc1nc(-c2nnn(C)c2CO)ccc1N1CC[C@@H](C(C)(C)C(=O)OC)C1. The van der Waals surface area contributed by atoms with Gasteiger partial charge in [-0.1, -0.05) is 12.1 Å². The molecule has 1 aliphatic rings. The lowest BCUT2D eigenvalue weighted by Crippen LogP contribution is -2.36. The van der Waals surface area contributed by atoms with E-state index in [2.05, 4.69) is 28.2 Å². The first kappa shape index (κ1) is 20.3. The molecule has 2 aromatic heterocycles. The van der Waals surface area contributed by atoms with Crippen molar-refractivity contribution in [1.29, 1.82) is 0 Å². The molecule has 0 saturated carbocycles. The molecule has 0 bridgehead atoms. The molecule has 3 heterocycles. The van der Waals surface area contributed by atoms with Crippen LogP contribution in [0.5, 0.6) is 0 Å². The number of aliphatic hydroxyl groups excluding tert-OH is 1. The van der Waals surface area contributed by atoms with Crippen molar-refractivity contribution in [3.8, 4) is 11.4 Å². The first-order chi connectivity index (χ1) is 13.3. The second-order valence-electron chi connectivity index (χ2n) is 7.83. The van der Waals surface area contributed by atoms with Crippen LogP contribution < -0.4 is 4.90 Å². The number of anilines is 1. The first-order valence-corrected chi connectivity index (χ1v) is 9.66. The van der Waals surface area contributed by atoms with E-state index in [4.69, 9.17) is 9.72 Å². The maximum Gasteiger partial charge on any atom is 0.311 e. The van der Waals surface area contributed by atoms with Crippen LogP contribution in [-0.2, 0) is 29.6 Å². The van der Waals surface area contributed by atoms with Crippen LogP contribution >= 0.6 is 0 Å². The van der Waals surface area contributed by atoms with Gasteiger partial charge in [-0.15, -0.1) is 5.10 Å². The number of rotatable bonds is 6. The molecular weight excluding hydrogens is 358 g/mol. The number of aliphatic hydroxyl groups is 1. The number of aryl methyl sites for hydroxylation is 2. The fourth-order valence-electron chi connectivity index (χ4n) is 3.92. The van der Waals surface area contributed by atoms with Crippen molar-refractivity contribution in [3.63, 3.8) is 0 Å². The number of esters is 1. The van der Waals surface area contributed by atoms with Crippen molar-refractivity contribution < 1.29 is 14.6 Å². The summed E-state index contributed by atoms with van der Waals surface area (Å²) < 4.78 is 6.56. The Bertz CT molecular complexity index is 862. The number of ether oxygens (including phenoxy) is 1. The molecule has 28 heavy (non-hydrogen) atoms. The van der Waals surface area contributed by atoms with Crippen LogP contribution in [-0.4, -0.2) is 51.3 Å². The van der Waals surface area contributed by atoms with E-state index in [1.54, 1.807) is 11.7 Å². The molecule has 0 radical (unpaired) electrons. The molecule has 0 unspecified atom stereocenters. The highest BCUT2D eigenvalue weighted by Gasteiger charge is 2.41. The second kappa shape index (κ2) is 7.87. The zero-order valence-corrected chi connectivity index (χ0v) is 17.3. The normalized spacial score (nSPS) is 17.2. The monoisotopic (exact) mass is 387 g/mol. The number of carbonyl (C=O) groups excluding carboxylic acids is 1. The molecule has 1 N–H and O–H groups in total.